The second kappa shape index (κ2) is 6.75. The van der Waals surface area contributed by atoms with Gasteiger partial charge in [0.2, 0.25) is 0 Å². The molecule has 0 fully saturated rings. The Bertz CT molecular complexity index is 474. The number of carboxylic acid groups (broad SMARTS) is 1. The van der Waals surface area contributed by atoms with Gasteiger partial charge in [-0.2, -0.15) is 0 Å². The highest BCUT2D eigenvalue weighted by molar-refractivity contribution is 6.00. The van der Waals surface area contributed by atoms with Crippen molar-refractivity contribution in [2.75, 3.05) is 19.4 Å². The van der Waals surface area contributed by atoms with Gasteiger partial charge < -0.3 is 20.9 Å². The maximum atomic E-state index is 12.1. The molecule has 6 heteroatoms. The molecule has 1 aromatic rings. The number of nitrogen functional groups attached to an aromatic ring is 1. The molecule has 0 saturated carbocycles. The van der Waals surface area contributed by atoms with E-state index < -0.39 is 12.0 Å². The van der Waals surface area contributed by atoms with Crippen LogP contribution in [0.4, 0.5) is 5.69 Å². The van der Waals surface area contributed by atoms with Gasteiger partial charge in [-0.1, -0.05) is 0 Å². The zero-order chi connectivity index (χ0) is 14.4. The van der Waals surface area contributed by atoms with E-state index in [0.29, 0.717) is 17.0 Å². The van der Waals surface area contributed by atoms with Crippen LogP contribution in [0.2, 0.25) is 0 Å². The summed E-state index contributed by atoms with van der Waals surface area (Å²) in [6.07, 6.45) is -0.0254. The molecule has 1 unspecified atom stereocenters. The zero-order valence-corrected chi connectivity index (χ0v) is 11.0. The monoisotopic (exact) mass is 266 g/mol. The normalized spacial score (nSPS) is 11.9. The van der Waals surface area contributed by atoms with E-state index in [1.165, 1.54) is 7.11 Å². The molecule has 0 spiro atoms. The summed E-state index contributed by atoms with van der Waals surface area (Å²) in [6.45, 7) is 1.93. The van der Waals surface area contributed by atoms with E-state index in [2.05, 4.69) is 5.32 Å². The molecule has 19 heavy (non-hydrogen) atoms. The van der Waals surface area contributed by atoms with Gasteiger partial charge in [0, 0.05) is 12.1 Å². The van der Waals surface area contributed by atoms with E-state index in [4.69, 9.17) is 15.6 Å². The molecule has 6 nitrogen and oxygen atoms in total. The lowest BCUT2D eigenvalue weighted by atomic mass is 10.0. The van der Waals surface area contributed by atoms with Crippen LogP contribution in [0.5, 0.6) is 5.75 Å². The van der Waals surface area contributed by atoms with E-state index in [1.54, 1.807) is 25.1 Å². The van der Waals surface area contributed by atoms with Crippen LogP contribution in [0.15, 0.2) is 18.2 Å². The number of nitrogens with one attached hydrogen (secondary N) is 1. The predicted octanol–water partition coefficient (Wildman–Crippen LogP) is 0.913. The SMILES string of the molecule is COc1ccc(C(=O)C(C)NCCC(=O)O)cc1N. The Morgan fingerprint density at radius 2 is 2.16 bits per heavy atom. The molecular weight excluding hydrogens is 248 g/mol. The topological polar surface area (TPSA) is 102 Å². The van der Waals surface area contributed by atoms with Gasteiger partial charge in [-0.25, -0.2) is 0 Å². The summed E-state index contributed by atoms with van der Waals surface area (Å²) in [7, 11) is 1.50. The molecule has 0 heterocycles. The number of Topliss-reactive ketones (excluding diaryl/α,β-unsaturated/α-hetero) is 1. The number of hydrogen-bond donors (Lipinski definition) is 3. The Morgan fingerprint density at radius 1 is 1.47 bits per heavy atom. The number of rotatable bonds is 7. The number of carboxylic acids is 1. The Morgan fingerprint density at radius 3 is 2.68 bits per heavy atom. The Labute approximate surface area is 111 Å². The van der Waals surface area contributed by atoms with Crippen molar-refractivity contribution in [3.8, 4) is 5.75 Å². The molecule has 1 rings (SSSR count). The smallest absolute Gasteiger partial charge is 0.304 e. The summed E-state index contributed by atoms with van der Waals surface area (Å²) in [4.78, 5) is 22.4. The van der Waals surface area contributed by atoms with Crippen molar-refractivity contribution >= 4 is 17.4 Å². The number of carbonyl (C=O) groups is 2. The average molecular weight is 266 g/mol. The van der Waals surface area contributed by atoms with E-state index >= 15 is 0 Å². The summed E-state index contributed by atoms with van der Waals surface area (Å²) in [6, 6.07) is 4.35. The number of anilines is 1. The van der Waals surface area contributed by atoms with Crippen LogP contribution >= 0.6 is 0 Å². The summed E-state index contributed by atoms with van der Waals surface area (Å²) < 4.78 is 5.01. The molecule has 1 atom stereocenters. The molecule has 1 aromatic carbocycles. The molecule has 0 amide bonds. The van der Waals surface area contributed by atoms with Crippen molar-refractivity contribution in [1.82, 2.24) is 5.32 Å². The maximum absolute atomic E-state index is 12.1. The molecule has 0 aliphatic rings. The first-order valence-corrected chi connectivity index (χ1v) is 5.88. The highest BCUT2D eigenvalue weighted by Gasteiger charge is 2.16. The van der Waals surface area contributed by atoms with Crippen LogP contribution < -0.4 is 15.8 Å². The van der Waals surface area contributed by atoms with Gasteiger partial charge in [-0.05, 0) is 25.1 Å². The Kier molecular flexibility index (Phi) is 5.32. The minimum absolute atomic E-state index is 0.0254. The zero-order valence-electron chi connectivity index (χ0n) is 11.0. The van der Waals surface area contributed by atoms with E-state index in [9.17, 15) is 9.59 Å². The standard InChI is InChI=1S/C13H18N2O4/c1-8(15-6-5-12(16)17)13(18)9-3-4-11(19-2)10(14)7-9/h3-4,7-8,15H,5-6,14H2,1-2H3,(H,16,17). The quantitative estimate of drug-likeness (QED) is 0.501. The summed E-state index contributed by atoms with van der Waals surface area (Å²) >= 11 is 0. The molecule has 0 saturated heterocycles. The first-order valence-electron chi connectivity index (χ1n) is 5.88. The first-order chi connectivity index (χ1) is 8.95. The van der Waals surface area contributed by atoms with Crippen molar-refractivity contribution in [3.05, 3.63) is 23.8 Å². The van der Waals surface area contributed by atoms with Crippen LogP contribution in [0.25, 0.3) is 0 Å². The second-order valence-corrected chi connectivity index (χ2v) is 4.14. The third kappa shape index (κ3) is 4.26. The van der Waals surface area contributed by atoms with Gasteiger partial charge in [0.1, 0.15) is 5.75 Å². The minimum Gasteiger partial charge on any atom is -0.495 e. The van der Waals surface area contributed by atoms with Gasteiger partial charge in [0.25, 0.3) is 0 Å². The molecule has 0 aromatic heterocycles. The van der Waals surface area contributed by atoms with Crippen molar-refractivity contribution in [3.63, 3.8) is 0 Å². The van der Waals surface area contributed by atoms with Crippen molar-refractivity contribution < 1.29 is 19.4 Å². The largest absolute Gasteiger partial charge is 0.495 e. The molecule has 0 aliphatic carbocycles. The van der Waals surface area contributed by atoms with Gasteiger partial charge >= 0.3 is 5.97 Å². The van der Waals surface area contributed by atoms with Crippen molar-refractivity contribution in [2.24, 2.45) is 0 Å². The van der Waals surface area contributed by atoms with E-state index in [0.717, 1.165) is 0 Å². The number of ketones is 1. The number of nitrogens with two attached hydrogens (primary N) is 1. The number of hydrogen-bond acceptors (Lipinski definition) is 5. The van der Waals surface area contributed by atoms with E-state index in [1.807, 2.05) is 0 Å². The fourth-order valence-corrected chi connectivity index (χ4v) is 1.63. The highest BCUT2D eigenvalue weighted by atomic mass is 16.5. The molecule has 0 aliphatic heterocycles. The lowest BCUT2D eigenvalue weighted by molar-refractivity contribution is -0.136. The summed E-state index contributed by atoms with van der Waals surface area (Å²) in [5.74, 6) is -0.524. The van der Waals surface area contributed by atoms with Gasteiger partial charge in [-0.15, -0.1) is 0 Å². The fraction of sp³-hybridized carbons (Fsp3) is 0.385. The van der Waals surface area contributed by atoms with Gasteiger partial charge in [0.05, 0.1) is 25.3 Å². The van der Waals surface area contributed by atoms with Gasteiger partial charge in [0.15, 0.2) is 5.78 Å². The van der Waals surface area contributed by atoms with Crippen molar-refractivity contribution in [1.29, 1.82) is 0 Å². The lowest BCUT2D eigenvalue weighted by Gasteiger charge is -2.13. The Balaban J connectivity index is 2.66. The van der Waals surface area contributed by atoms with E-state index in [-0.39, 0.29) is 18.7 Å². The van der Waals surface area contributed by atoms with Crippen LogP contribution in [-0.4, -0.2) is 36.6 Å². The predicted molar refractivity (Wildman–Crippen MR) is 71.5 cm³/mol. The first kappa shape index (κ1) is 15.0. The van der Waals surface area contributed by atoms with Crippen molar-refractivity contribution in [2.45, 2.75) is 19.4 Å². The second-order valence-electron chi connectivity index (χ2n) is 4.14. The highest BCUT2D eigenvalue weighted by Crippen LogP contribution is 2.22. The average Bonchev–Trinajstić information content (AvgIpc) is 2.37. The number of methoxy groups -OCH3 is 1. The molecular formula is C13H18N2O4. The Hall–Kier alpha value is -2.08. The number of ether oxygens (including phenoxy) is 1. The van der Waals surface area contributed by atoms with Crippen LogP contribution in [0.1, 0.15) is 23.7 Å². The number of aliphatic carboxylic acids is 1. The molecule has 0 radical (unpaired) electrons. The molecule has 104 valence electrons. The van der Waals surface area contributed by atoms with Crippen LogP contribution in [-0.2, 0) is 4.79 Å². The lowest BCUT2D eigenvalue weighted by Crippen LogP contribution is -2.35. The van der Waals surface area contributed by atoms with Gasteiger partial charge in [-0.3, -0.25) is 9.59 Å². The summed E-state index contributed by atoms with van der Waals surface area (Å²) in [5, 5.41) is 11.4. The maximum Gasteiger partial charge on any atom is 0.304 e. The summed E-state index contributed by atoms with van der Waals surface area (Å²) in [5.41, 5.74) is 6.60. The number of carbonyl (C=O) groups excluding carboxylic acids is 1. The van der Waals surface area contributed by atoms with Crippen LogP contribution in [0.3, 0.4) is 0 Å². The third-order valence-electron chi connectivity index (χ3n) is 2.70. The minimum atomic E-state index is -0.902. The third-order valence-corrected chi connectivity index (χ3v) is 2.70. The van der Waals surface area contributed by atoms with Crippen LogP contribution in [0, 0.1) is 0 Å². The molecule has 4 N–H and O–H groups in total. The number of benzene rings is 1. The molecule has 0 bridgehead atoms. The fourth-order valence-electron chi connectivity index (χ4n) is 1.63.